The highest BCUT2D eigenvalue weighted by Crippen LogP contribution is 2.06. The Bertz CT molecular complexity index is 251. The number of hydrogen-bond donors (Lipinski definition) is 1. The summed E-state index contributed by atoms with van der Waals surface area (Å²) in [7, 11) is 0. The lowest BCUT2D eigenvalue weighted by Crippen LogP contribution is -2.34. The second-order valence-electron chi connectivity index (χ2n) is 3.90. The molecule has 0 bridgehead atoms. The monoisotopic (exact) mass is 270 g/mol. The number of rotatable bonds is 6. The van der Waals surface area contributed by atoms with Crippen LogP contribution in [0, 0.1) is 12.3 Å². The summed E-state index contributed by atoms with van der Waals surface area (Å²) in [4.78, 5) is 13.7. The molecule has 0 aromatic rings. The third-order valence-electron chi connectivity index (χ3n) is 2.90. The van der Waals surface area contributed by atoms with Crippen LogP contribution in [0.1, 0.15) is 55.3 Å². The minimum atomic E-state index is 0. The number of hydrogen-bond acceptors (Lipinski definition) is 3. The van der Waals surface area contributed by atoms with Gasteiger partial charge in [-0.05, 0) is 13.0 Å². The highest BCUT2D eigenvalue weighted by atomic mass is 16.1. The number of terminal acetylenes is 1. The Kier molecular flexibility index (Phi) is 16.4. The van der Waals surface area contributed by atoms with Crippen molar-refractivity contribution >= 4 is 5.78 Å². The number of Topliss-reactive ketones (excluding diaryl/α,β-unsaturated/α-hetero) is 1. The van der Waals surface area contributed by atoms with Crippen LogP contribution in [0.4, 0.5) is 0 Å². The van der Waals surface area contributed by atoms with Crippen molar-refractivity contribution in [3.8, 4) is 12.3 Å². The molecule has 0 aromatic carbocycles. The van der Waals surface area contributed by atoms with E-state index in [2.05, 4.69) is 23.1 Å². The first-order chi connectivity index (χ1) is 9.27. The van der Waals surface area contributed by atoms with E-state index in [1.807, 2.05) is 27.7 Å². The van der Waals surface area contributed by atoms with E-state index >= 15 is 0 Å². The number of nitrogens with zero attached hydrogens (tertiary/aromatic N) is 1. The molecule has 1 fully saturated rings. The normalized spacial score (nSPS) is 17.1. The second-order valence-corrected chi connectivity index (χ2v) is 3.90. The molecule has 1 saturated heterocycles. The van der Waals surface area contributed by atoms with Gasteiger partial charge in [-0.2, -0.15) is 0 Å². The number of carbonyl (C=O) groups is 1. The number of carbonyl (C=O) groups excluding carboxylic acids is 1. The summed E-state index contributed by atoms with van der Waals surface area (Å²) in [6.45, 7) is 13.9. The van der Waals surface area contributed by atoms with E-state index in [9.17, 15) is 4.79 Å². The zero-order chi connectivity index (χ0) is 15.1. The molecule has 1 aliphatic heterocycles. The van der Waals surface area contributed by atoms with Crippen LogP contribution in [0.5, 0.6) is 0 Å². The van der Waals surface area contributed by atoms with Gasteiger partial charge in [-0.25, -0.2) is 0 Å². The molecule has 114 valence electrons. The van der Waals surface area contributed by atoms with Gasteiger partial charge in [-0.3, -0.25) is 4.79 Å². The average Bonchev–Trinajstić information content (AvgIpc) is 2.89. The van der Waals surface area contributed by atoms with Crippen molar-refractivity contribution in [1.29, 1.82) is 0 Å². The standard InChI is InChI=1S/C12H20N2O.2C2H6.H2/c1-3-5-9-14(4-2)10-7-11-12(15)6-8-13-11;2*1-2;/h1,11,13H,4-10H2,2H3;2*1-2H3;1H. The van der Waals surface area contributed by atoms with Gasteiger partial charge >= 0.3 is 0 Å². The molecular weight excluding hydrogens is 236 g/mol. The Morgan fingerprint density at radius 3 is 2.42 bits per heavy atom. The van der Waals surface area contributed by atoms with E-state index in [0.717, 1.165) is 39.0 Å². The smallest absolute Gasteiger partial charge is 0.151 e. The van der Waals surface area contributed by atoms with Crippen LogP contribution in [0.25, 0.3) is 0 Å². The van der Waals surface area contributed by atoms with Crippen molar-refractivity contribution in [1.82, 2.24) is 10.2 Å². The molecule has 1 rings (SSSR count). The molecule has 0 radical (unpaired) electrons. The predicted molar refractivity (Wildman–Crippen MR) is 86.4 cm³/mol. The molecule has 1 heterocycles. The van der Waals surface area contributed by atoms with Crippen LogP contribution in [0.15, 0.2) is 0 Å². The first-order valence-electron chi connectivity index (χ1n) is 7.69. The first kappa shape index (κ1) is 20.5. The topological polar surface area (TPSA) is 32.3 Å². The Morgan fingerprint density at radius 1 is 1.37 bits per heavy atom. The minimum Gasteiger partial charge on any atom is -0.307 e. The fourth-order valence-electron chi connectivity index (χ4n) is 1.88. The summed E-state index contributed by atoms with van der Waals surface area (Å²) in [6.07, 6.45) is 7.63. The molecule has 3 heteroatoms. The lowest BCUT2D eigenvalue weighted by atomic mass is 10.1. The quantitative estimate of drug-likeness (QED) is 0.753. The van der Waals surface area contributed by atoms with Gasteiger partial charge in [0.2, 0.25) is 0 Å². The summed E-state index contributed by atoms with van der Waals surface area (Å²) in [5.74, 6) is 3.01. The predicted octanol–water partition coefficient (Wildman–Crippen LogP) is 2.95. The molecule has 19 heavy (non-hydrogen) atoms. The van der Waals surface area contributed by atoms with Crippen molar-refractivity contribution in [3.05, 3.63) is 0 Å². The van der Waals surface area contributed by atoms with Crippen molar-refractivity contribution in [2.45, 2.75) is 59.9 Å². The third-order valence-corrected chi connectivity index (χ3v) is 2.90. The van der Waals surface area contributed by atoms with Gasteiger partial charge in [0.25, 0.3) is 0 Å². The summed E-state index contributed by atoms with van der Waals surface area (Å²) < 4.78 is 0. The summed E-state index contributed by atoms with van der Waals surface area (Å²) >= 11 is 0. The van der Waals surface area contributed by atoms with E-state index in [-0.39, 0.29) is 7.47 Å². The maximum absolute atomic E-state index is 11.4. The van der Waals surface area contributed by atoms with Crippen molar-refractivity contribution in [2.24, 2.45) is 0 Å². The summed E-state index contributed by atoms with van der Waals surface area (Å²) in [5.41, 5.74) is 0. The fraction of sp³-hybridized carbons (Fsp3) is 0.812. The first-order valence-corrected chi connectivity index (χ1v) is 7.69. The van der Waals surface area contributed by atoms with Crippen LogP contribution >= 0.6 is 0 Å². The summed E-state index contributed by atoms with van der Waals surface area (Å²) in [5, 5.41) is 3.23. The second kappa shape index (κ2) is 15.2. The van der Waals surface area contributed by atoms with E-state index in [4.69, 9.17) is 6.42 Å². The lowest BCUT2D eigenvalue weighted by Gasteiger charge is -2.20. The van der Waals surface area contributed by atoms with Gasteiger partial charge in [0.05, 0.1) is 6.04 Å². The van der Waals surface area contributed by atoms with Crippen LogP contribution in [-0.2, 0) is 4.79 Å². The van der Waals surface area contributed by atoms with E-state index in [1.54, 1.807) is 0 Å². The Morgan fingerprint density at radius 2 is 2.00 bits per heavy atom. The molecular formula is C16H34N2O. The Balaban J connectivity index is -0.000000529. The van der Waals surface area contributed by atoms with E-state index in [0.29, 0.717) is 12.2 Å². The maximum Gasteiger partial charge on any atom is 0.151 e. The Hall–Kier alpha value is -0.850. The van der Waals surface area contributed by atoms with Crippen LogP contribution in [0.2, 0.25) is 0 Å². The van der Waals surface area contributed by atoms with Crippen molar-refractivity contribution < 1.29 is 6.22 Å². The average molecular weight is 270 g/mol. The third kappa shape index (κ3) is 9.69. The van der Waals surface area contributed by atoms with Gasteiger partial charge in [0.1, 0.15) is 0 Å². The van der Waals surface area contributed by atoms with Gasteiger partial charge in [0, 0.05) is 33.9 Å². The molecule has 0 amide bonds. The molecule has 3 nitrogen and oxygen atoms in total. The molecule has 1 unspecified atom stereocenters. The van der Waals surface area contributed by atoms with Crippen LogP contribution in [-0.4, -0.2) is 42.9 Å². The van der Waals surface area contributed by atoms with Crippen LogP contribution in [0.3, 0.4) is 0 Å². The lowest BCUT2D eigenvalue weighted by molar-refractivity contribution is -0.118. The largest absolute Gasteiger partial charge is 0.307 e. The van der Waals surface area contributed by atoms with Gasteiger partial charge in [0.15, 0.2) is 5.78 Å². The minimum absolute atomic E-state index is 0. The van der Waals surface area contributed by atoms with E-state index in [1.165, 1.54) is 0 Å². The Labute approximate surface area is 121 Å². The molecule has 1 atom stereocenters. The molecule has 0 aliphatic carbocycles. The van der Waals surface area contributed by atoms with Crippen molar-refractivity contribution in [2.75, 3.05) is 26.2 Å². The van der Waals surface area contributed by atoms with Gasteiger partial charge in [-0.15, -0.1) is 12.3 Å². The van der Waals surface area contributed by atoms with Crippen LogP contribution < -0.4 is 5.32 Å². The zero-order valence-corrected chi connectivity index (χ0v) is 13.5. The SMILES string of the molecule is C#CCCN(CC)CCC1NCCC1=O.CC.CC.[HH]. The molecule has 0 spiro atoms. The molecule has 1 N–H and O–H groups in total. The highest BCUT2D eigenvalue weighted by Gasteiger charge is 2.23. The number of ketones is 1. The van der Waals surface area contributed by atoms with Crippen molar-refractivity contribution in [3.63, 3.8) is 0 Å². The number of nitrogens with one attached hydrogen (secondary N) is 1. The highest BCUT2D eigenvalue weighted by molar-refractivity contribution is 5.86. The fourth-order valence-corrected chi connectivity index (χ4v) is 1.88. The molecule has 0 saturated carbocycles. The zero-order valence-electron chi connectivity index (χ0n) is 13.5. The van der Waals surface area contributed by atoms with E-state index < -0.39 is 0 Å². The van der Waals surface area contributed by atoms with Gasteiger partial charge < -0.3 is 10.2 Å². The molecule has 0 aromatic heterocycles. The summed E-state index contributed by atoms with van der Waals surface area (Å²) in [6, 6.07) is 0.0879. The van der Waals surface area contributed by atoms with Gasteiger partial charge in [-0.1, -0.05) is 34.6 Å². The maximum atomic E-state index is 11.4. The molecule has 1 aliphatic rings.